The molecule has 0 unspecified atom stereocenters. The molecule has 0 radical (unpaired) electrons. The molecule has 1 saturated carbocycles. The molecule has 1 aliphatic rings. The molecule has 1 N–H and O–H groups in total. The minimum Gasteiger partial charge on any atom is -0.381 e. The first-order valence-corrected chi connectivity index (χ1v) is 7.96. The molecule has 0 atom stereocenters. The topological polar surface area (TPSA) is 12.0 Å². The largest absolute Gasteiger partial charge is 0.381 e. The standard InChI is InChI=1S/C17H17F2NS/c18-17(19)21-16-8-6-15(7-9-16)20-11-12-2-1-3-14(10-12)13-4-5-13/h1-3,6-10,13,17,20H,4-5,11H2. The van der Waals surface area contributed by atoms with Crippen LogP contribution in [0.3, 0.4) is 0 Å². The first-order valence-electron chi connectivity index (χ1n) is 7.08. The Hall–Kier alpha value is -1.55. The number of hydrogen-bond donors (Lipinski definition) is 1. The van der Waals surface area contributed by atoms with Crippen molar-refractivity contribution >= 4 is 17.4 Å². The fourth-order valence-electron chi connectivity index (χ4n) is 2.33. The molecule has 2 aromatic carbocycles. The van der Waals surface area contributed by atoms with Crippen LogP contribution in [0, 0.1) is 0 Å². The number of rotatable bonds is 6. The van der Waals surface area contributed by atoms with Crippen molar-refractivity contribution in [1.82, 2.24) is 0 Å². The Bertz CT molecular complexity index is 594. The third kappa shape index (κ3) is 4.21. The molecule has 1 nitrogen and oxygen atoms in total. The van der Waals surface area contributed by atoms with Crippen LogP contribution in [0.1, 0.15) is 29.9 Å². The molecule has 4 heteroatoms. The van der Waals surface area contributed by atoms with Crippen molar-refractivity contribution in [3.05, 3.63) is 59.7 Å². The number of alkyl halides is 2. The lowest BCUT2D eigenvalue weighted by atomic mass is 10.1. The Kier molecular flexibility index (Phi) is 4.44. The zero-order valence-electron chi connectivity index (χ0n) is 11.6. The van der Waals surface area contributed by atoms with E-state index >= 15 is 0 Å². The van der Waals surface area contributed by atoms with Crippen LogP contribution in [0.2, 0.25) is 0 Å². The first kappa shape index (κ1) is 14.4. The van der Waals surface area contributed by atoms with Crippen molar-refractivity contribution in [2.45, 2.75) is 36.0 Å². The summed E-state index contributed by atoms with van der Waals surface area (Å²) in [4.78, 5) is 0.589. The van der Waals surface area contributed by atoms with Crippen molar-refractivity contribution in [2.75, 3.05) is 5.32 Å². The summed E-state index contributed by atoms with van der Waals surface area (Å²) in [5.41, 5.74) is 3.63. The number of halogens is 2. The molecule has 3 rings (SSSR count). The van der Waals surface area contributed by atoms with E-state index in [4.69, 9.17) is 0 Å². The normalized spacial score (nSPS) is 14.4. The van der Waals surface area contributed by atoms with E-state index in [1.165, 1.54) is 24.0 Å². The quantitative estimate of drug-likeness (QED) is 0.708. The second-order valence-electron chi connectivity index (χ2n) is 5.28. The third-order valence-electron chi connectivity index (χ3n) is 3.58. The third-order valence-corrected chi connectivity index (χ3v) is 4.30. The van der Waals surface area contributed by atoms with Crippen molar-refractivity contribution in [3.63, 3.8) is 0 Å². The highest BCUT2D eigenvalue weighted by atomic mass is 32.2. The van der Waals surface area contributed by atoms with E-state index in [2.05, 4.69) is 29.6 Å². The summed E-state index contributed by atoms with van der Waals surface area (Å²) in [5, 5.41) is 3.33. The molecule has 1 aliphatic carbocycles. The Balaban J connectivity index is 1.58. The summed E-state index contributed by atoms with van der Waals surface area (Å²) < 4.78 is 24.5. The highest BCUT2D eigenvalue weighted by molar-refractivity contribution is 7.99. The fraction of sp³-hybridized carbons (Fsp3) is 0.294. The van der Waals surface area contributed by atoms with Gasteiger partial charge in [-0.1, -0.05) is 36.0 Å². The number of anilines is 1. The van der Waals surface area contributed by atoms with Gasteiger partial charge in [-0.3, -0.25) is 0 Å². The smallest absolute Gasteiger partial charge is 0.288 e. The van der Waals surface area contributed by atoms with Gasteiger partial charge >= 0.3 is 0 Å². The van der Waals surface area contributed by atoms with E-state index < -0.39 is 5.76 Å². The zero-order valence-corrected chi connectivity index (χ0v) is 12.4. The summed E-state index contributed by atoms with van der Waals surface area (Å²) in [7, 11) is 0. The molecule has 0 spiro atoms. The van der Waals surface area contributed by atoms with Gasteiger partial charge in [-0.2, -0.15) is 8.78 Å². The van der Waals surface area contributed by atoms with Gasteiger partial charge in [-0.05, 0) is 54.2 Å². The maximum atomic E-state index is 12.2. The lowest BCUT2D eigenvalue weighted by molar-refractivity contribution is 0.252. The van der Waals surface area contributed by atoms with Gasteiger partial charge in [0.1, 0.15) is 0 Å². The lowest BCUT2D eigenvalue weighted by Gasteiger charge is -2.09. The molecule has 1 fully saturated rings. The van der Waals surface area contributed by atoms with Crippen molar-refractivity contribution < 1.29 is 8.78 Å². The summed E-state index contributed by atoms with van der Waals surface area (Å²) in [6, 6.07) is 15.8. The number of thioether (sulfide) groups is 1. The average Bonchev–Trinajstić information content (AvgIpc) is 3.31. The average molecular weight is 305 g/mol. The molecule has 21 heavy (non-hydrogen) atoms. The van der Waals surface area contributed by atoms with Gasteiger partial charge in [-0.25, -0.2) is 0 Å². The number of nitrogens with one attached hydrogen (secondary N) is 1. The van der Waals surface area contributed by atoms with Crippen LogP contribution in [0.5, 0.6) is 0 Å². The van der Waals surface area contributed by atoms with Crippen molar-refractivity contribution in [1.29, 1.82) is 0 Å². The molecule has 0 bridgehead atoms. The maximum Gasteiger partial charge on any atom is 0.288 e. The Morgan fingerprint density at radius 2 is 1.86 bits per heavy atom. The van der Waals surface area contributed by atoms with Crippen LogP contribution in [0.4, 0.5) is 14.5 Å². The molecular weight excluding hydrogens is 288 g/mol. The molecule has 2 aromatic rings. The minimum absolute atomic E-state index is 0.573. The van der Waals surface area contributed by atoms with Crippen molar-refractivity contribution in [3.8, 4) is 0 Å². The van der Waals surface area contributed by atoms with Crippen LogP contribution in [0.25, 0.3) is 0 Å². The van der Waals surface area contributed by atoms with Crippen LogP contribution in [0.15, 0.2) is 53.4 Å². The number of benzene rings is 2. The molecule has 0 saturated heterocycles. The van der Waals surface area contributed by atoms with E-state index in [9.17, 15) is 8.78 Å². The predicted molar refractivity (Wildman–Crippen MR) is 84.0 cm³/mol. The second-order valence-corrected chi connectivity index (χ2v) is 6.34. The molecule has 0 amide bonds. The molecule has 110 valence electrons. The summed E-state index contributed by atoms with van der Waals surface area (Å²) in [6.07, 6.45) is 2.61. The Morgan fingerprint density at radius 1 is 1.10 bits per heavy atom. The molecular formula is C17H17F2NS. The highest BCUT2D eigenvalue weighted by Gasteiger charge is 2.23. The van der Waals surface area contributed by atoms with Crippen LogP contribution >= 0.6 is 11.8 Å². The fourth-order valence-corrected chi connectivity index (χ4v) is 2.83. The number of hydrogen-bond acceptors (Lipinski definition) is 2. The first-order chi connectivity index (χ1) is 10.2. The van der Waals surface area contributed by atoms with Gasteiger partial charge in [0.15, 0.2) is 0 Å². The molecule has 0 aromatic heterocycles. The SMILES string of the molecule is FC(F)Sc1ccc(NCc2cccc(C3CC3)c2)cc1. The van der Waals surface area contributed by atoms with Crippen LogP contribution in [-0.4, -0.2) is 5.76 Å². The van der Waals surface area contributed by atoms with Gasteiger partial charge in [0.05, 0.1) is 0 Å². The van der Waals surface area contributed by atoms with Gasteiger partial charge < -0.3 is 5.32 Å². The monoisotopic (exact) mass is 305 g/mol. The molecule has 0 aliphatic heterocycles. The predicted octanol–water partition coefficient (Wildman–Crippen LogP) is 5.49. The van der Waals surface area contributed by atoms with Crippen LogP contribution in [-0.2, 0) is 6.54 Å². The van der Waals surface area contributed by atoms with E-state index in [1.807, 2.05) is 12.1 Å². The van der Waals surface area contributed by atoms with E-state index in [0.717, 1.165) is 18.2 Å². The molecule has 0 heterocycles. The zero-order chi connectivity index (χ0) is 14.7. The summed E-state index contributed by atoms with van der Waals surface area (Å²) in [5.74, 6) is -1.61. The van der Waals surface area contributed by atoms with Gasteiger partial charge in [0.2, 0.25) is 0 Å². The Morgan fingerprint density at radius 3 is 2.52 bits per heavy atom. The lowest BCUT2D eigenvalue weighted by Crippen LogP contribution is -1.99. The van der Waals surface area contributed by atoms with Gasteiger partial charge in [0.25, 0.3) is 5.76 Å². The van der Waals surface area contributed by atoms with E-state index in [1.54, 1.807) is 12.1 Å². The van der Waals surface area contributed by atoms with Crippen LogP contribution < -0.4 is 5.32 Å². The van der Waals surface area contributed by atoms with E-state index in [-0.39, 0.29) is 0 Å². The van der Waals surface area contributed by atoms with Gasteiger partial charge in [-0.15, -0.1) is 0 Å². The minimum atomic E-state index is -2.37. The Labute approximate surface area is 127 Å². The van der Waals surface area contributed by atoms with Crippen molar-refractivity contribution in [2.24, 2.45) is 0 Å². The summed E-state index contributed by atoms with van der Waals surface area (Å²) in [6.45, 7) is 0.752. The highest BCUT2D eigenvalue weighted by Crippen LogP contribution is 2.40. The second kappa shape index (κ2) is 6.48. The van der Waals surface area contributed by atoms with E-state index in [0.29, 0.717) is 16.7 Å². The summed E-state index contributed by atoms with van der Waals surface area (Å²) >= 11 is 0.573. The maximum absolute atomic E-state index is 12.2. The van der Waals surface area contributed by atoms with Gasteiger partial charge in [0, 0.05) is 17.1 Å².